The predicted molar refractivity (Wildman–Crippen MR) is 117 cm³/mol. The van der Waals surface area contributed by atoms with Gasteiger partial charge in [0.05, 0.1) is 11.1 Å². The van der Waals surface area contributed by atoms with Crippen LogP contribution < -0.4 is 5.73 Å². The largest absolute Gasteiger partial charge is 0.386 e. The molecule has 1 amide bonds. The van der Waals surface area contributed by atoms with Crippen molar-refractivity contribution >= 4 is 50.8 Å². The van der Waals surface area contributed by atoms with Crippen molar-refractivity contribution in [1.29, 1.82) is 0 Å². The minimum absolute atomic E-state index is 0.163. The molecule has 2 aromatic heterocycles. The molecule has 2 N–H and O–H groups in total. The first-order valence-corrected chi connectivity index (χ1v) is 9.87. The molecule has 0 spiro atoms. The number of rotatable bonds is 5. The standard InChI is InChI=1S/C24H19N3O4/c1-26-12-16(14-6-2-4-8-18(14)26)21-22(24(30)31-23(21)29)17-13-27(11-10-20(25)28)19-9-5-3-7-15(17)19/h2-9,12-13H,10-11H2,1H3,(H2,25,28). The fraction of sp³-hybridized carbons (Fsp3) is 0.125. The summed E-state index contributed by atoms with van der Waals surface area (Å²) in [5.41, 5.74) is 8.84. The summed E-state index contributed by atoms with van der Waals surface area (Å²) in [6, 6.07) is 15.2. The lowest BCUT2D eigenvalue weighted by molar-refractivity contribution is -0.149. The molecule has 0 radical (unpaired) electrons. The summed E-state index contributed by atoms with van der Waals surface area (Å²) < 4.78 is 8.86. The fourth-order valence-electron chi connectivity index (χ4n) is 4.28. The van der Waals surface area contributed by atoms with Crippen molar-refractivity contribution in [3.05, 3.63) is 72.1 Å². The Kier molecular flexibility index (Phi) is 4.25. The van der Waals surface area contributed by atoms with Gasteiger partial charge in [-0.3, -0.25) is 4.79 Å². The molecule has 7 heteroatoms. The van der Waals surface area contributed by atoms with E-state index in [-0.39, 0.29) is 17.6 Å². The number of carbonyl (C=O) groups is 3. The molecule has 0 fully saturated rings. The zero-order chi connectivity index (χ0) is 21.7. The Morgan fingerprint density at radius 1 is 0.871 bits per heavy atom. The first-order valence-electron chi connectivity index (χ1n) is 9.87. The number of ether oxygens (including phenoxy) is 1. The van der Waals surface area contributed by atoms with Crippen LogP contribution in [0.3, 0.4) is 0 Å². The second-order valence-electron chi connectivity index (χ2n) is 7.57. The van der Waals surface area contributed by atoms with Gasteiger partial charge in [0.15, 0.2) is 0 Å². The molecule has 4 aromatic rings. The molecule has 0 saturated carbocycles. The molecule has 0 aliphatic carbocycles. The Morgan fingerprint density at radius 3 is 2.06 bits per heavy atom. The Balaban J connectivity index is 1.79. The van der Waals surface area contributed by atoms with Crippen LogP contribution in [0.4, 0.5) is 0 Å². The van der Waals surface area contributed by atoms with Gasteiger partial charge < -0.3 is 19.6 Å². The molecule has 0 bridgehead atoms. The number of benzene rings is 2. The van der Waals surface area contributed by atoms with E-state index in [1.54, 1.807) is 6.20 Å². The summed E-state index contributed by atoms with van der Waals surface area (Å²) in [4.78, 5) is 37.0. The number of hydrogen-bond donors (Lipinski definition) is 1. The van der Waals surface area contributed by atoms with Gasteiger partial charge >= 0.3 is 11.9 Å². The minimum Gasteiger partial charge on any atom is -0.386 e. The van der Waals surface area contributed by atoms with Gasteiger partial charge in [-0.25, -0.2) is 9.59 Å². The fourth-order valence-corrected chi connectivity index (χ4v) is 4.28. The lowest BCUT2D eigenvalue weighted by Gasteiger charge is -2.02. The first-order chi connectivity index (χ1) is 15.0. The molecular weight excluding hydrogens is 394 g/mol. The highest BCUT2D eigenvalue weighted by atomic mass is 16.6. The van der Waals surface area contributed by atoms with E-state index in [4.69, 9.17) is 10.5 Å². The number of primary amides is 1. The second-order valence-corrected chi connectivity index (χ2v) is 7.57. The second kappa shape index (κ2) is 6.98. The van der Waals surface area contributed by atoms with Crippen molar-refractivity contribution in [3.63, 3.8) is 0 Å². The number of hydrogen-bond acceptors (Lipinski definition) is 4. The lowest BCUT2D eigenvalue weighted by atomic mass is 9.95. The predicted octanol–water partition coefficient (Wildman–Crippen LogP) is 3.00. The monoisotopic (exact) mass is 413 g/mol. The van der Waals surface area contributed by atoms with Crippen LogP contribution in [0.25, 0.3) is 33.0 Å². The summed E-state index contributed by atoms with van der Waals surface area (Å²) in [6.45, 7) is 0.371. The number of para-hydroxylation sites is 2. The lowest BCUT2D eigenvalue weighted by Crippen LogP contribution is -2.13. The van der Waals surface area contributed by atoms with Crippen LogP contribution in [-0.2, 0) is 32.7 Å². The van der Waals surface area contributed by atoms with Crippen LogP contribution in [0.1, 0.15) is 17.5 Å². The van der Waals surface area contributed by atoms with Gasteiger partial charge in [-0.2, -0.15) is 0 Å². The molecule has 0 atom stereocenters. The van der Waals surface area contributed by atoms with Gasteiger partial charge in [-0.15, -0.1) is 0 Å². The van der Waals surface area contributed by atoms with Crippen LogP contribution in [-0.4, -0.2) is 27.0 Å². The highest BCUT2D eigenvalue weighted by Crippen LogP contribution is 2.40. The van der Waals surface area contributed by atoms with Crippen molar-refractivity contribution in [1.82, 2.24) is 9.13 Å². The molecule has 2 aromatic carbocycles. The molecule has 0 saturated heterocycles. The smallest absolute Gasteiger partial charge is 0.347 e. The van der Waals surface area contributed by atoms with Crippen LogP contribution >= 0.6 is 0 Å². The molecule has 31 heavy (non-hydrogen) atoms. The van der Waals surface area contributed by atoms with E-state index in [2.05, 4.69) is 0 Å². The zero-order valence-corrected chi connectivity index (χ0v) is 16.8. The summed E-state index contributed by atoms with van der Waals surface area (Å²) in [5, 5.41) is 1.66. The van der Waals surface area contributed by atoms with E-state index < -0.39 is 17.8 Å². The number of fused-ring (bicyclic) bond motifs is 2. The van der Waals surface area contributed by atoms with E-state index in [0.717, 1.165) is 21.8 Å². The number of nitrogens with two attached hydrogens (primary N) is 1. The van der Waals surface area contributed by atoms with Crippen LogP contribution in [0.5, 0.6) is 0 Å². The average molecular weight is 413 g/mol. The van der Waals surface area contributed by atoms with Crippen molar-refractivity contribution in [2.75, 3.05) is 0 Å². The first kappa shape index (κ1) is 18.9. The third-order valence-corrected chi connectivity index (χ3v) is 5.67. The summed E-state index contributed by atoms with van der Waals surface area (Å²) in [7, 11) is 1.89. The van der Waals surface area contributed by atoms with E-state index in [9.17, 15) is 14.4 Å². The SMILES string of the molecule is Cn1cc(C2=C(c3cn(CCC(N)=O)c4ccccc34)C(=O)OC2=O)c2ccccc21. The molecule has 1 aliphatic rings. The molecule has 7 nitrogen and oxygen atoms in total. The van der Waals surface area contributed by atoms with Crippen molar-refractivity contribution in [2.24, 2.45) is 12.8 Å². The van der Waals surface area contributed by atoms with Crippen LogP contribution in [0, 0.1) is 0 Å². The number of cyclic esters (lactones) is 2. The summed E-state index contributed by atoms with van der Waals surface area (Å²) >= 11 is 0. The van der Waals surface area contributed by atoms with E-state index in [1.807, 2.05) is 70.9 Å². The number of nitrogens with zero attached hydrogens (tertiary/aromatic N) is 2. The van der Waals surface area contributed by atoms with Gasteiger partial charge in [0, 0.05) is 65.3 Å². The van der Waals surface area contributed by atoms with Gasteiger partial charge in [0.1, 0.15) is 0 Å². The third kappa shape index (κ3) is 2.93. The Bertz CT molecular complexity index is 1440. The Morgan fingerprint density at radius 2 is 1.42 bits per heavy atom. The van der Waals surface area contributed by atoms with Gasteiger partial charge in [-0.05, 0) is 12.1 Å². The highest BCUT2D eigenvalue weighted by molar-refractivity contribution is 6.46. The van der Waals surface area contributed by atoms with Crippen LogP contribution in [0.2, 0.25) is 0 Å². The molecule has 154 valence electrons. The topological polar surface area (TPSA) is 96.3 Å². The molecule has 1 aliphatic heterocycles. The number of esters is 2. The molecular formula is C24H19N3O4. The van der Waals surface area contributed by atoms with Crippen molar-refractivity contribution in [3.8, 4) is 0 Å². The normalized spacial score (nSPS) is 14.1. The summed E-state index contributed by atoms with van der Waals surface area (Å²) in [5.74, 6) is -1.75. The number of carbonyl (C=O) groups excluding carboxylic acids is 3. The maximum absolute atomic E-state index is 12.8. The number of amides is 1. The average Bonchev–Trinajstić information content (AvgIpc) is 3.37. The zero-order valence-electron chi connectivity index (χ0n) is 16.8. The highest BCUT2D eigenvalue weighted by Gasteiger charge is 2.37. The third-order valence-electron chi connectivity index (χ3n) is 5.67. The van der Waals surface area contributed by atoms with Gasteiger partial charge in [-0.1, -0.05) is 36.4 Å². The van der Waals surface area contributed by atoms with E-state index in [0.29, 0.717) is 17.7 Å². The Hall–Kier alpha value is -4.13. The maximum Gasteiger partial charge on any atom is 0.347 e. The van der Waals surface area contributed by atoms with Crippen molar-refractivity contribution < 1.29 is 19.1 Å². The molecule has 0 unspecified atom stereocenters. The van der Waals surface area contributed by atoms with Crippen molar-refractivity contribution in [2.45, 2.75) is 13.0 Å². The quantitative estimate of drug-likeness (QED) is 0.402. The number of aromatic nitrogens is 2. The van der Waals surface area contributed by atoms with Gasteiger partial charge in [0.25, 0.3) is 0 Å². The van der Waals surface area contributed by atoms with E-state index in [1.165, 1.54) is 0 Å². The summed E-state index contributed by atoms with van der Waals surface area (Å²) in [6.07, 6.45) is 3.79. The van der Waals surface area contributed by atoms with Crippen LogP contribution in [0.15, 0.2) is 60.9 Å². The van der Waals surface area contributed by atoms with E-state index >= 15 is 0 Å². The Labute approximate surface area is 177 Å². The maximum atomic E-state index is 12.8. The van der Waals surface area contributed by atoms with Gasteiger partial charge in [0.2, 0.25) is 5.91 Å². The minimum atomic E-state index is -0.675. The number of aryl methyl sites for hydroxylation is 2. The molecule has 5 rings (SSSR count). The molecule has 3 heterocycles.